The highest BCUT2D eigenvalue weighted by atomic mass is 19.2. The first kappa shape index (κ1) is 50.4. The van der Waals surface area contributed by atoms with Crippen LogP contribution in [0.25, 0.3) is 32.8 Å². The average molecular weight is 1030 g/mol. The van der Waals surface area contributed by atoms with E-state index >= 15 is 35.1 Å². The second-order valence-electron chi connectivity index (χ2n) is 15.6. The van der Waals surface area contributed by atoms with Gasteiger partial charge in [-0.05, 0) is 27.6 Å². The summed E-state index contributed by atoms with van der Waals surface area (Å²) in [6.07, 6.45) is -1.13. The summed E-state index contributed by atoms with van der Waals surface area (Å²) in [7, 11) is 0. The van der Waals surface area contributed by atoms with Crippen molar-refractivity contribution in [1.29, 1.82) is 0 Å². The molecular formula is C49H19BF20N2. The number of aromatic nitrogens is 2. The molecule has 0 aliphatic carbocycles. The molecule has 8 aromatic carbocycles. The van der Waals surface area contributed by atoms with Gasteiger partial charge < -0.3 is 0 Å². The monoisotopic (exact) mass is 1030 g/mol. The van der Waals surface area contributed by atoms with Gasteiger partial charge in [0.05, 0.1) is 6.20 Å². The lowest BCUT2D eigenvalue weighted by atomic mass is 9.12. The Hall–Kier alpha value is -7.98. The Bertz CT molecular complexity index is 3250. The molecule has 368 valence electrons. The molecule has 0 saturated heterocycles. The maximum atomic E-state index is 15.4. The fourth-order valence-electron chi connectivity index (χ4n) is 8.62. The van der Waals surface area contributed by atoms with Crippen molar-refractivity contribution >= 4 is 49.5 Å². The molecule has 9 aromatic rings. The van der Waals surface area contributed by atoms with Crippen molar-refractivity contribution in [2.75, 3.05) is 0 Å². The minimum atomic E-state index is -7.22. The van der Waals surface area contributed by atoms with Crippen molar-refractivity contribution in [3.8, 4) is 11.3 Å². The Kier molecular flexibility index (Phi) is 13.3. The van der Waals surface area contributed by atoms with Crippen LogP contribution in [0.2, 0.25) is 0 Å². The lowest BCUT2D eigenvalue weighted by Crippen LogP contribution is -2.81. The summed E-state index contributed by atoms with van der Waals surface area (Å²) < 4.78 is 296. The van der Waals surface area contributed by atoms with Crippen molar-refractivity contribution in [2.24, 2.45) is 0 Å². The van der Waals surface area contributed by atoms with E-state index < -0.39 is 144 Å². The summed E-state index contributed by atoms with van der Waals surface area (Å²) in [5.74, 6) is -71.4. The van der Waals surface area contributed by atoms with Gasteiger partial charge in [0.25, 0.3) is 0 Å². The highest BCUT2D eigenvalue weighted by molar-refractivity contribution is 7.20. The van der Waals surface area contributed by atoms with Crippen LogP contribution in [-0.4, -0.2) is 11.1 Å². The number of hydrogen-bond donors (Lipinski definition) is 0. The normalized spacial score (nSPS) is 11.7. The predicted molar refractivity (Wildman–Crippen MR) is 220 cm³/mol. The van der Waals surface area contributed by atoms with Crippen LogP contribution in [-0.2, 0) is 6.54 Å². The number of fused-ring (bicyclic) bond motifs is 2. The molecule has 0 bridgehead atoms. The van der Waals surface area contributed by atoms with E-state index in [0.717, 1.165) is 12.2 Å². The lowest BCUT2D eigenvalue weighted by molar-refractivity contribution is -0.688. The molecule has 0 fully saturated rings. The second kappa shape index (κ2) is 19.0. The zero-order chi connectivity index (χ0) is 52.4. The fourth-order valence-corrected chi connectivity index (χ4v) is 8.62. The van der Waals surface area contributed by atoms with Crippen LogP contribution >= 0.6 is 0 Å². The number of hydrogen-bond acceptors (Lipinski definition) is 1. The first-order valence-corrected chi connectivity index (χ1v) is 20.1. The van der Waals surface area contributed by atoms with E-state index in [-0.39, 0.29) is 0 Å². The summed E-state index contributed by atoms with van der Waals surface area (Å²) in [6.45, 7) is 0.832. The zero-order valence-electron chi connectivity index (χ0n) is 35.1. The summed E-state index contributed by atoms with van der Waals surface area (Å²) in [4.78, 5) is 4.73. The third kappa shape index (κ3) is 7.81. The maximum Gasteiger partial charge on any atom is 0.200 e. The van der Waals surface area contributed by atoms with Crippen LogP contribution in [0.5, 0.6) is 0 Å². The van der Waals surface area contributed by atoms with Crippen LogP contribution in [0.4, 0.5) is 87.8 Å². The van der Waals surface area contributed by atoms with E-state index in [4.69, 9.17) is 4.98 Å². The molecule has 0 unspecified atom stereocenters. The summed E-state index contributed by atoms with van der Waals surface area (Å²) in [5.41, 5.74) is -10.8. The van der Waals surface area contributed by atoms with Crippen molar-refractivity contribution in [3.63, 3.8) is 0 Å². The Morgan fingerprint density at radius 2 is 0.639 bits per heavy atom. The number of halogens is 20. The first-order valence-electron chi connectivity index (χ1n) is 20.1. The molecule has 0 saturated carbocycles. The molecule has 9 rings (SSSR count). The third-order valence-corrected chi connectivity index (χ3v) is 11.7. The van der Waals surface area contributed by atoms with Gasteiger partial charge in [0.1, 0.15) is 58.4 Å². The molecule has 1 aromatic heterocycles. The standard InChI is InChI=1S/C25H19N2.C24BF20/c1-2-8-19(9-3-1)17-27-15-14-26-24(18-27)25-22-12-6-4-10-20(22)16-21-11-5-7-13-23(21)25;26-5-1(6(27)14(35)21(42)13(5)34)25(2-7(28)15(36)22(43)16(37)8(2)29,3-9(30)17(38)23(44)18(39)10(3)31)4-11(32)19(40)24(45)20(41)12(4)33/h1-16,18H,17H2;/q+1;-1. The van der Waals surface area contributed by atoms with Crippen LogP contribution in [0.3, 0.4) is 0 Å². The average Bonchev–Trinajstić information content (AvgIpc) is 3.38. The van der Waals surface area contributed by atoms with Crippen molar-refractivity contribution in [3.05, 3.63) is 225 Å². The number of rotatable bonds is 7. The molecule has 1 heterocycles. The quantitative estimate of drug-likeness (QED) is 0.0388. The fraction of sp³-hybridized carbons (Fsp3) is 0.0204. The molecule has 0 spiro atoms. The smallest absolute Gasteiger partial charge is 0.200 e. The number of benzene rings is 8. The summed E-state index contributed by atoms with van der Waals surface area (Å²) in [6, 6.07) is 29.9. The van der Waals surface area contributed by atoms with Gasteiger partial charge in [0.15, 0.2) is 88.7 Å². The van der Waals surface area contributed by atoms with Gasteiger partial charge in [0, 0.05) is 11.1 Å². The Morgan fingerprint density at radius 3 is 0.972 bits per heavy atom. The van der Waals surface area contributed by atoms with Crippen LogP contribution in [0.1, 0.15) is 5.56 Å². The summed E-state index contributed by atoms with van der Waals surface area (Å²) in [5, 5.41) is 4.96. The maximum absolute atomic E-state index is 15.4. The largest absolute Gasteiger partial charge is 0.244 e. The Labute approximate surface area is 389 Å². The van der Waals surface area contributed by atoms with Crippen LogP contribution < -0.4 is 26.4 Å². The highest BCUT2D eigenvalue weighted by Crippen LogP contribution is 2.35. The Morgan fingerprint density at radius 1 is 0.347 bits per heavy atom. The lowest BCUT2D eigenvalue weighted by Gasteiger charge is -2.44. The molecule has 0 aliphatic heterocycles. The van der Waals surface area contributed by atoms with Gasteiger partial charge in [-0.3, -0.25) is 0 Å². The summed E-state index contributed by atoms with van der Waals surface area (Å²) >= 11 is 0. The van der Waals surface area contributed by atoms with E-state index in [0.29, 0.717) is 0 Å². The van der Waals surface area contributed by atoms with Crippen LogP contribution in [0, 0.1) is 116 Å². The SMILES string of the molecule is Fc1c(F)c(F)c([B-](c2c(F)c(F)c(F)c(F)c2F)(c2c(F)c(F)c(F)c(F)c2F)c2c(F)c(F)c(F)c(F)c2F)c(F)c1F.c1ccc(C[n+]2ccnc(-c3c4ccccc4cc4ccccc34)c2)cc1. The van der Waals surface area contributed by atoms with Gasteiger partial charge in [-0.2, -0.15) is 4.57 Å². The molecule has 72 heavy (non-hydrogen) atoms. The molecule has 0 aliphatic rings. The van der Waals surface area contributed by atoms with Gasteiger partial charge >= 0.3 is 0 Å². The van der Waals surface area contributed by atoms with Crippen LogP contribution in [0.15, 0.2) is 104 Å². The molecular weight excluding hydrogens is 1010 g/mol. The molecule has 0 amide bonds. The van der Waals surface area contributed by atoms with E-state index in [1.165, 1.54) is 32.7 Å². The first-order chi connectivity index (χ1) is 34.1. The van der Waals surface area contributed by atoms with E-state index in [9.17, 15) is 52.7 Å². The number of nitrogens with zero attached hydrogens (tertiary/aromatic N) is 2. The Balaban J connectivity index is 0.000000217. The predicted octanol–water partition coefficient (Wildman–Crippen LogP) is 11.2. The molecule has 2 nitrogen and oxygen atoms in total. The van der Waals surface area contributed by atoms with Gasteiger partial charge in [-0.1, -0.05) is 78.9 Å². The topological polar surface area (TPSA) is 16.8 Å². The van der Waals surface area contributed by atoms with E-state index in [2.05, 4.69) is 89.6 Å². The van der Waals surface area contributed by atoms with Gasteiger partial charge in [-0.25, -0.2) is 92.8 Å². The van der Waals surface area contributed by atoms with Crippen molar-refractivity contribution in [1.82, 2.24) is 4.98 Å². The highest BCUT2D eigenvalue weighted by Gasteiger charge is 2.52. The second-order valence-corrected chi connectivity index (χ2v) is 15.6. The molecule has 23 heteroatoms. The molecule has 0 atom stereocenters. The van der Waals surface area contributed by atoms with Gasteiger partial charge in [0.2, 0.25) is 0 Å². The van der Waals surface area contributed by atoms with E-state index in [1.807, 2.05) is 18.5 Å². The zero-order valence-corrected chi connectivity index (χ0v) is 35.1. The minimum absolute atomic E-state index is 0.832. The minimum Gasteiger partial charge on any atom is -0.244 e. The van der Waals surface area contributed by atoms with E-state index in [1.54, 1.807) is 0 Å². The van der Waals surface area contributed by atoms with Crippen molar-refractivity contribution < 1.29 is 92.4 Å². The van der Waals surface area contributed by atoms with Gasteiger partial charge in [-0.15, -0.1) is 21.9 Å². The molecule has 0 N–H and O–H groups in total. The van der Waals surface area contributed by atoms with Crippen molar-refractivity contribution in [2.45, 2.75) is 6.54 Å². The third-order valence-electron chi connectivity index (χ3n) is 11.7. The molecule has 0 radical (unpaired) electrons.